The van der Waals surface area contributed by atoms with Crippen molar-refractivity contribution in [1.29, 1.82) is 0 Å². The molecular weight excluding hydrogens is 296 g/mol. The number of esters is 1. The lowest BCUT2D eigenvalue weighted by Crippen LogP contribution is -2.26. The van der Waals surface area contributed by atoms with E-state index in [0.29, 0.717) is 12.2 Å². The van der Waals surface area contributed by atoms with Gasteiger partial charge in [-0.2, -0.15) is 0 Å². The van der Waals surface area contributed by atoms with E-state index in [9.17, 15) is 4.79 Å². The Kier molecular flexibility index (Phi) is 5.27. The highest BCUT2D eigenvalue weighted by Gasteiger charge is 2.06. The number of allylic oxidation sites excluding steroid dienone is 4. The lowest BCUT2D eigenvalue weighted by molar-refractivity contribution is -0.138. The Balaban J connectivity index is 1.97. The molecule has 2 aromatic rings. The molecule has 0 amide bonds. The van der Waals surface area contributed by atoms with Crippen LogP contribution in [0.1, 0.15) is 32.6 Å². The topological polar surface area (TPSA) is 26.3 Å². The second-order valence-electron chi connectivity index (χ2n) is 5.99. The fourth-order valence-electron chi connectivity index (χ4n) is 2.88. The van der Waals surface area contributed by atoms with Crippen LogP contribution in [0, 0.1) is 0 Å². The normalized spacial score (nSPS) is 19.5. The minimum atomic E-state index is -0.161. The van der Waals surface area contributed by atoms with Gasteiger partial charge in [-0.25, -0.2) is 0 Å². The fourth-order valence-corrected chi connectivity index (χ4v) is 2.88. The highest BCUT2D eigenvalue weighted by molar-refractivity contribution is 5.85. The Morgan fingerprint density at radius 1 is 1.00 bits per heavy atom. The van der Waals surface area contributed by atoms with Crippen LogP contribution in [0.3, 0.4) is 0 Å². The molecule has 0 unspecified atom stereocenters. The summed E-state index contributed by atoms with van der Waals surface area (Å²) in [5.74, 6) is 0.434. The van der Waals surface area contributed by atoms with Crippen molar-refractivity contribution in [3.05, 3.63) is 70.8 Å². The van der Waals surface area contributed by atoms with E-state index < -0.39 is 0 Å². The maximum Gasteiger partial charge on any atom is 0.311 e. The first-order chi connectivity index (χ1) is 11.8. The summed E-state index contributed by atoms with van der Waals surface area (Å²) in [6, 6.07) is 12.5. The van der Waals surface area contributed by atoms with E-state index in [2.05, 4.69) is 37.3 Å². The summed E-state index contributed by atoms with van der Waals surface area (Å²) in [5.41, 5.74) is 0. The van der Waals surface area contributed by atoms with Crippen molar-refractivity contribution in [1.82, 2.24) is 0 Å². The molecule has 0 saturated carbocycles. The molecule has 0 fully saturated rings. The molecule has 0 N–H and O–H groups in total. The third-order valence-corrected chi connectivity index (χ3v) is 4.15. The van der Waals surface area contributed by atoms with Crippen LogP contribution in [0.5, 0.6) is 0 Å². The fraction of sp³-hybridized carbons (Fsp3) is 0.227. The zero-order valence-corrected chi connectivity index (χ0v) is 14.0. The summed E-state index contributed by atoms with van der Waals surface area (Å²) in [5, 5.41) is 4.55. The van der Waals surface area contributed by atoms with Crippen molar-refractivity contribution in [3.8, 4) is 0 Å². The molecule has 0 atom stereocenters. The molecule has 0 heterocycles. The smallest absolute Gasteiger partial charge is 0.311 e. The molecular formula is C22H22O2. The van der Waals surface area contributed by atoms with Gasteiger partial charge in [-0.15, -0.1) is 0 Å². The first-order valence-electron chi connectivity index (χ1n) is 8.57. The van der Waals surface area contributed by atoms with Gasteiger partial charge in [0.1, 0.15) is 5.76 Å². The molecule has 0 aliphatic heterocycles. The minimum absolute atomic E-state index is 0.161. The number of hydrogen-bond acceptors (Lipinski definition) is 2. The quantitative estimate of drug-likeness (QED) is 0.616. The van der Waals surface area contributed by atoms with E-state index in [0.717, 1.165) is 35.1 Å². The Morgan fingerprint density at radius 3 is 2.71 bits per heavy atom. The summed E-state index contributed by atoms with van der Waals surface area (Å²) in [4.78, 5) is 12.0. The van der Waals surface area contributed by atoms with Gasteiger partial charge in [0.2, 0.25) is 0 Å². The number of unbranched alkanes of at least 4 members (excludes halogenated alkanes) is 2. The van der Waals surface area contributed by atoms with E-state index in [1.54, 1.807) is 0 Å². The van der Waals surface area contributed by atoms with Crippen LogP contribution >= 0.6 is 0 Å². The zero-order chi connectivity index (χ0) is 16.8. The van der Waals surface area contributed by atoms with E-state index in [4.69, 9.17) is 4.74 Å². The van der Waals surface area contributed by atoms with Crippen molar-refractivity contribution in [2.45, 2.75) is 32.6 Å². The Morgan fingerprint density at radius 2 is 1.83 bits per heavy atom. The molecule has 122 valence electrons. The monoisotopic (exact) mass is 318 g/mol. The van der Waals surface area contributed by atoms with Gasteiger partial charge in [0, 0.05) is 6.42 Å². The average molecular weight is 318 g/mol. The lowest BCUT2D eigenvalue weighted by Gasteiger charge is -2.07. The van der Waals surface area contributed by atoms with Crippen molar-refractivity contribution in [3.63, 3.8) is 0 Å². The van der Waals surface area contributed by atoms with E-state index in [1.807, 2.05) is 36.4 Å². The van der Waals surface area contributed by atoms with Crippen LogP contribution in [-0.4, -0.2) is 5.97 Å². The predicted octanol–water partition coefficient (Wildman–Crippen LogP) is 3.98. The maximum atomic E-state index is 12.0. The number of ether oxygens (including phenoxy) is 1. The number of hydrogen-bond donors (Lipinski definition) is 0. The minimum Gasteiger partial charge on any atom is -0.427 e. The van der Waals surface area contributed by atoms with Gasteiger partial charge in [-0.05, 0) is 39.8 Å². The van der Waals surface area contributed by atoms with Crippen molar-refractivity contribution >= 4 is 28.9 Å². The summed E-state index contributed by atoms with van der Waals surface area (Å²) in [7, 11) is 0. The van der Waals surface area contributed by atoms with Crippen LogP contribution in [-0.2, 0) is 9.53 Å². The highest BCUT2D eigenvalue weighted by Crippen LogP contribution is 2.10. The van der Waals surface area contributed by atoms with Crippen molar-refractivity contribution in [2.75, 3.05) is 0 Å². The third kappa shape index (κ3) is 3.83. The summed E-state index contributed by atoms with van der Waals surface area (Å²) < 4.78 is 5.58. The number of carbonyl (C=O) groups excluding carboxylic acids is 1. The predicted molar refractivity (Wildman–Crippen MR) is 99.6 cm³/mol. The van der Waals surface area contributed by atoms with Gasteiger partial charge in [0.05, 0.1) is 0 Å². The summed E-state index contributed by atoms with van der Waals surface area (Å²) in [6.07, 6.45) is 13.3. The van der Waals surface area contributed by atoms with E-state index >= 15 is 0 Å². The lowest BCUT2D eigenvalue weighted by atomic mass is 10.0. The van der Waals surface area contributed by atoms with Gasteiger partial charge in [0.15, 0.2) is 0 Å². The molecule has 0 spiro atoms. The van der Waals surface area contributed by atoms with Crippen LogP contribution < -0.4 is 10.4 Å². The zero-order valence-electron chi connectivity index (χ0n) is 14.0. The van der Waals surface area contributed by atoms with Crippen molar-refractivity contribution in [2.24, 2.45) is 0 Å². The van der Waals surface area contributed by atoms with E-state index in [-0.39, 0.29) is 5.97 Å². The Hall–Kier alpha value is -2.61. The molecule has 3 rings (SSSR count). The standard InChI is InChI=1S/C22H22O2/c1-2-3-4-13-22(23)24-19-11-7-5-10-18-15-14-17-9-6-8-12-20(17)21(18)16-19/h5-12,14-16H,2-4,13H2,1H3/b7-5-,10-5?,11-7?,18-10-,19-11+,19-16?,21-16+. The van der Waals surface area contributed by atoms with Gasteiger partial charge < -0.3 is 4.74 Å². The number of fused-ring (bicyclic) bond motifs is 3. The summed E-state index contributed by atoms with van der Waals surface area (Å²) >= 11 is 0. The van der Waals surface area contributed by atoms with Gasteiger partial charge in [-0.1, -0.05) is 74.4 Å². The molecule has 0 saturated heterocycles. The molecule has 2 nitrogen and oxygen atoms in total. The maximum absolute atomic E-state index is 12.0. The molecule has 2 aromatic carbocycles. The number of carbonyl (C=O) groups is 1. The summed E-state index contributed by atoms with van der Waals surface area (Å²) in [6.45, 7) is 2.12. The third-order valence-electron chi connectivity index (χ3n) is 4.15. The number of rotatable bonds is 5. The van der Waals surface area contributed by atoms with Crippen LogP contribution in [0.2, 0.25) is 0 Å². The van der Waals surface area contributed by atoms with Crippen molar-refractivity contribution < 1.29 is 9.53 Å². The largest absolute Gasteiger partial charge is 0.427 e. The van der Waals surface area contributed by atoms with E-state index in [1.165, 1.54) is 5.39 Å². The SMILES string of the molecule is CCCCCC(=O)OC1=C/C=C\C=c2\ccc3ccccc3\c2=C\1. The van der Waals surface area contributed by atoms with Gasteiger partial charge in [-0.3, -0.25) is 4.79 Å². The first kappa shape index (κ1) is 16.3. The average Bonchev–Trinajstić information content (AvgIpc) is 2.57. The second kappa shape index (κ2) is 7.78. The van der Waals surface area contributed by atoms with Crippen LogP contribution in [0.4, 0.5) is 0 Å². The number of benzene rings is 2. The van der Waals surface area contributed by atoms with Gasteiger partial charge in [0.25, 0.3) is 0 Å². The molecule has 1 aliphatic carbocycles. The molecule has 24 heavy (non-hydrogen) atoms. The van der Waals surface area contributed by atoms with Crippen LogP contribution in [0.15, 0.2) is 60.4 Å². The van der Waals surface area contributed by atoms with Gasteiger partial charge >= 0.3 is 5.97 Å². The Labute approximate surface area is 142 Å². The molecule has 2 heteroatoms. The Bertz CT molecular complexity index is 917. The first-order valence-corrected chi connectivity index (χ1v) is 8.57. The molecule has 0 aromatic heterocycles. The highest BCUT2D eigenvalue weighted by atomic mass is 16.5. The second-order valence-corrected chi connectivity index (χ2v) is 5.99. The molecule has 0 radical (unpaired) electrons. The molecule has 1 aliphatic rings. The molecule has 0 bridgehead atoms. The van der Waals surface area contributed by atoms with Crippen LogP contribution in [0.25, 0.3) is 22.9 Å².